The van der Waals surface area contributed by atoms with Crippen molar-refractivity contribution < 1.29 is 0 Å². The van der Waals surface area contributed by atoms with Crippen molar-refractivity contribution in [3.8, 4) is 5.82 Å². The number of hydrogen-bond donors (Lipinski definition) is 1. The third-order valence-corrected chi connectivity index (χ3v) is 3.22. The molecule has 2 heterocycles. The number of aromatic nitrogens is 3. The molecule has 2 rings (SSSR count). The van der Waals surface area contributed by atoms with Gasteiger partial charge in [-0.1, -0.05) is 19.9 Å². The van der Waals surface area contributed by atoms with Crippen LogP contribution in [0.1, 0.15) is 30.8 Å². The normalized spacial score (nSPS) is 11.2. The van der Waals surface area contributed by atoms with E-state index in [9.17, 15) is 0 Å². The van der Waals surface area contributed by atoms with Crippen LogP contribution in [-0.2, 0) is 6.54 Å². The number of rotatable bonds is 5. The van der Waals surface area contributed by atoms with Crippen molar-refractivity contribution in [3.63, 3.8) is 0 Å². The van der Waals surface area contributed by atoms with E-state index in [1.807, 2.05) is 25.5 Å². The number of nitrogens with zero attached hydrogens (tertiary/aromatic N) is 3. The molecule has 0 atom stereocenters. The summed E-state index contributed by atoms with van der Waals surface area (Å²) < 4.78 is 2.06. The standard InChI is InChI=1S/C15H22N4/c1-11(2)8-16-9-14-6-5-7-17-15(14)19-10-18-12(3)13(19)4/h5-7,10-11,16H,8-9H2,1-4H3. The van der Waals surface area contributed by atoms with E-state index in [-0.39, 0.29) is 0 Å². The molecule has 4 nitrogen and oxygen atoms in total. The first kappa shape index (κ1) is 13.7. The summed E-state index contributed by atoms with van der Waals surface area (Å²) in [6, 6.07) is 4.10. The van der Waals surface area contributed by atoms with Crippen LogP contribution in [0.2, 0.25) is 0 Å². The number of aryl methyl sites for hydroxylation is 1. The number of imidazole rings is 1. The van der Waals surface area contributed by atoms with Gasteiger partial charge in [-0.15, -0.1) is 0 Å². The lowest BCUT2D eigenvalue weighted by Crippen LogP contribution is -2.20. The van der Waals surface area contributed by atoms with E-state index >= 15 is 0 Å². The van der Waals surface area contributed by atoms with Gasteiger partial charge in [0.15, 0.2) is 0 Å². The van der Waals surface area contributed by atoms with E-state index in [4.69, 9.17) is 0 Å². The molecular formula is C15H22N4. The van der Waals surface area contributed by atoms with Crippen LogP contribution in [0.15, 0.2) is 24.7 Å². The van der Waals surface area contributed by atoms with E-state index in [0.717, 1.165) is 30.3 Å². The molecule has 0 fully saturated rings. The van der Waals surface area contributed by atoms with Crippen molar-refractivity contribution >= 4 is 0 Å². The minimum atomic E-state index is 0.650. The molecule has 2 aromatic heterocycles. The SMILES string of the molecule is Cc1ncn(-c2ncccc2CNCC(C)C)c1C. The summed E-state index contributed by atoms with van der Waals surface area (Å²) in [5, 5.41) is 3.46. The van der Waals surface area contributed by atoms with Crippen molar-refractivity contribution in [2.75, 3.05) is 6.54 Å². The van der Waals surface area contributed by atoms with Gasteiger partial charge >= 0.3 is 0 Å². The molecule has 0 aliphatic heterocycles. The molecule has 0 aliphatic rings. The molecule has 2 aromatic rings. The number of hydrogen-bond acceptors (Lipinski definition) is 3. The van der Waals surface area contributed by atoms with E-state index in [0.29, 0.717) is 5.92 Å². The molecule has 19 heavy (non-hydrogen) atoms. The molecule has 0 spiro atoms. The van der Waals surface area contributed by atoms with Crippen LogP contribution in [-0.4, -0.2) is 21.1 Å². The Morgan fingerprint density at radius 2 is 2.05 bits per heavy atom. The van der Waals surface area contributed by atoms with Crippen LogP contribution < -0.4 is 5.32 Å². The van der Waals surface area contributed by atoms with Crippen molar-refractivity contribution in [1.29, 1.82) is 0 Å². The second kappa shape index (κ2) is 5.97. The van der Waals surface area contributed by atoms with Gasteiger partial charge in [0.05, 0.1) is 5.69 Å². The summed E-state index contributed by atoms with van der Waals surface area (Å²) in [7, 11) is 0. The molecule has 0 amide bonds. The highest BCUT2D eigenvalue weighted by atomic mass is 15.1. The zero-order valence-electron chi connectivity index (χ0n) is 12.1. The highest BCUT2D eigenvalue weighted by Crippen LogP contribution is 2.15. The van der Waals surface area contributed by atoms with Crippen molar-refractivity contribution in [2.24, 2.45) is 5.92 Å². The predicted octanol–water partition coefficient (Wildman–Crippen LogP) is 2.63. The molecule has 0 bridgehead atoms. The quantitative estimate of drug-likeness (QED) is 0.896. The second-order valence-corrected chi connectivity index (χ2v) is 5.30. The smallest absolute Gasteiger partial charge is 0.142 e. The molecule has 4 heteroatoms. The molecule has 0 saturated carbocycles. The third-order valence-electron chi connectivity index (χ3n) is 3.22. The van der Waals surface area contributed by atoms with E-state index < -0.39 is 0 Å². The van der Waals surface area contributed by atoms with Gasteiger partial charge in [-0.05, 0) is 32.4 Å². The fourth-order valence-electron chi connectivity index (χ4n) is 1.99. The van der Waals surface area contributed by atoms with Crippen LogP contribution in [0.5, 0.6) is 0 Å². The highest BCUT2D eigenvalue weighted by molar-refractivity contribution is 5.36. The Bertz CT molecular complexity index is 543. The average Bonchev–Trinajstić information content (AvgIpc) is 2.70. The maximum atomic E-state index is 4.50. The van der Waals surface area contributed by atoms with Crippen LogP contribution in [0.4, 0.5) is 0 Å². The Kier molecular flexibility index (Phi) is 4.32. The summed E-state index contributed by atoms with van der Waals surface area (Å²) >= 11 is 0. The van der Waals surface area contributed by atoms with Gasteiger partial charge in [0.2, 0.25) is 0 Å². The summed E-state index contributed by atoms with van der Waals surface area (Å²) in [5.41, 5.74) is 3.39. The van der Waals surface area contributed by atoms with Crippen molar-refractivity contribution in [1.82, 2.24) is 19.9 Å². The van der Waals surface area contributed by atoms with Gasteiger partial charge in [0.1, 0.15) is 12.1 Å². The van der Waals surface area contributed by atoms with Gasteiger partial charge in [-0.2, -0.15) is 0 Å². The number of nitrogens with one attached hydrogen (secondary N) is 1. The monoisotopic (exact) mass is 258 g/mol. The van der Waals surface area contributed by atoms with Crippen molar-refractivity contribution in [3.05, 3.63) is 41.6 Å². The van der Waals surface area contributed by atoms with Crippen LogP contribution >= 0.6 is 0 Å². The Hall–Kier alpha value is -1.68. The molecule has 0 aromatic carbocycles. The molecular weight excluding hydrogens is 236 g/mol. The lowest BCUT2D eigenvalue weighted by Gasteiger charge is -2.12. The first-order valence-electron chi connectivity index (χ1n) is 6.75. The molecule has 102 valence electrons. The Morgan fingerprint density at radius 1 is 1.26 bits per heavy atom. The summed E-state index contributed by atoms with van der Waals surface area (Å²) in [5.74, 6) is 1.62. The second-order valence-electron chi connectivity index (χ2n) is 5.30. The largest absolute Gasteiger partial charge is 0.312 e. The highest BCUT2D eigenvalue weighted by Gasteiger charge is 2.09. The van der Waals surface area contributed by atoms with Gasteiger partial charge in [0.25, 0.3) is 0 Å². The first-order valence-corrected chi connectivity index (χ1v) is 6.75. The lowest BCUT2D eigenvalue weighted by atomic mass is 10.2. The van der Waals surface area contributed by atoms with Crippen LogP contribution in [0, 0.1) is 19.8 Å². The maximum absolute atomic E-state index is 4.50. The number of pyridine rings is 1. The Balaban J connectivity index is 2.23. The molecule has 0 radical (unpaired) electrons. The van der Waals surface area contributed by atoms with Crippen LogP contribution in [0.25, 0.3) is 5.82 Å². The summed E-state index contributed by atoms with van der Waals surface area (Å²) in [6.07, 6.45) is 3.68. The summed E-state index contributed by atoms with van der Waals surface area (Å²) in [4.78, 5) is 8.85. The Morgan fingerprint density at radius 3 is 2.68 bits per heavy atom. The van der Waals surface area contributed by atoms with Gasteiger partial charge in [-0.3, -0.25) is 4.57 Å². The lowest BCUT2D eigenvalue weighted by molar-refractivity contribution is 0.551. The van der Waals surface area contributed by atoms with E-state index in [1.54, 1.807) is 0 Å². The van der Waals surface area contributed by atoms with E-state index in [1.165, 1.54) is 5.56 Å². The molecule has 0 aliphatic carbocycles. The zero-order valence-corrected chi connectivity index (χ0v) is 12.1. The molecule has 0 unspecified atom stereocenters. The van der Waals surface area contributed by atoms with Gasteiger partial charge in [0, 0.05) is 24.0 Å². The molecule has 1 N–H and O–H groups in total. The van der Waals surface area contributed by atoms with Crippen LogP contribution in [0.3, 0.4) is 0 Å². The fourth-order valence-corrected chi connectivity index (χ4v) is 1.99. The maximum Gasteiger partial charge on any atom is 0.142 e. The minimum Gasteiger partial charge on any atom is -0.312 e. The summed E-state index contributed by atoms with van der Waals surface area (Å²) in [6.45, 7) is 10.4. The fraction of sp³-hybridized carbons (Fsp3) is 0.467. The van der Waals surface area contributed by atoms with Gasteiger partial charge in [-0.25, -0.2) is 9.97 Å². The predicted molar refractivity (Wildman–Crippen MR) is 77.4 cm³/mol. The Labute approximate surface area is 114 Å². The van der Waals surface area contributed by atoms with Gasteiger partial charge < -0.3 is 5.32 Å². The zero-order chi connectivity index (χ0) is 13.8. The molecule has 0 saturated heterocycles. The third kappa shape index (κ3) is 3.20. The van der Waals surface area contributed by atoms with E-state index in [2.05, 4.69) is 46.7 Å². The minimum absolute atomic E-state index is 0.650. The average molecular weight is 258 g/mol. The van der Waals surface area contributed by atoms with Crippen molar-refractivity contribution in [2.45, 2.75) is 34.2 Å². The first-order chi connectivity index (χ1) is 9.09. The topological polar surface area (TPSA) is 42.7 Å².